The molecule has 1 amide bonds. The molecule has 8 heteroatoms. The smallest absolute Gasteiger partial charge is 0.348 e. The van der Waals surface area contributed by atoms with Crippen molar-refractivity contribution in [1.82, 2.24) is 19.4 Å². The molecule has 31 heavy (non-hydrogen) atoms. The molecule has 1 fully saturated rings. The van der Waals surface area contributed by atoms with Gasteiger partial charge in [0.1, 0.15) is 12.3 Å². The lowest BCUT2D eigenvalue weighted by atomic mass is 9.98. The van der Waals surface area contributed by atoms with Gasteiger partial charge >= 0.3 is 5.69 Å². The van der Waals surface area contributed by atoms with Gasteiger partial charge in [0.15, 0.2) is 5.89 Å². The van der Waals surface area contributed by atoms with Crippen LogP contribution < -0.4 is 5.69 Å². The van der Waals surface area contributed by atoms with E-state index >= 15 is 0 Å². The summed E-state index contributed by atoms with van der Waals surface area (Å²) in [6.45, 7) is 4.77. The molecule has 0 aliphatic carbocycles. The Labute approximate surface area is 185 Å². The summed E-state index contributed by atoms with van der Waals surface area (Å²) in [5.41, 5.74) is 1.98. The SMILES string of the molecule is Cc1cc(C)n(CC(=O)N2CCC[C@H](c3ncc(Cc4ccccc4Cl)o3)C2)c(=O)n1. The third-order valence-corrected chi connectivity index (χ3v) is 6.03. The van der Waals surface area contributed by atoms with E-state index in [0.717, 1.165) is 29.9 Å². The molecular weight excluding hydrogens is 416 g/mol. The highest BCUT2D eigenvalue weighted by Gasteiger charge is 2.28. The molecule has 1 aromatic carbocycles. The van der Waals surface area contributed by atoms with Crippen molar-refractivity contribution >= 4 is 17.5 Å². The number of oxazole rings is 1. The number of benzene rings is 1. The third kappa shape index (κ3) is 4.88. The topological polar surface area (TPSA) is 81.2 Å². The number of carbonyl (C=O) groups is 1. The van der Waals surface area contributed by atoms with Crippen molar-refractivity contribution in [3.05, 3.63) is 80.6 Å². The summed E-state index contributed by atoms with van der Waals surface area (Å²) >= 11 is 6.25. The molecule has 1 aliphatic rings. The number of amides is 1. The Hall–Kier alpha value is -2.93. The van der Waals surface area contributed by atoms with Gasteiger partial charge in [-0.3, -0.25) is 9.36 Å². The van der Waals surface area contributed by atoms with Crippen molar-refractivity contribution < 1.29 is 9.21 Å². The molecule has 0 N–H and O–H groups in total. The van der Waals surface area contributed by atoms with E-state index in [9.17, 15) is 9.59 Å². The fourth-order valence-corrected chi connectivity index (χ4v) is 4.23. The van der Waals surface area contributed by atoms with Crippen LogP contribution in [-0.2, 0) is 17.8 Å². The summed E-state index contributed by atoms with van der Waals surface area (Å²) in [5, 5.41) is 0.700. The lowest BCUT2D eigenvalue weighted by Crippen LogP contribution is -2.42. The Morgan fingerprint density at radius 3 is 2.87 bits per heavy atom. The molecule has 1 atom stereocenters. The molecule has 4 rings (SSSR count). The molecule has 1 saturated heterocycles. The van der Waals surface area contributed by atoms with Gasteiger partial charge in [-0.2, -0.15) is 4.98 Å². The van der Waals surface area contributed by atoms with Crippen LogP contribution >= 0.6 is 11.6 Å². The Kier molecular flexibility index (Phi) is 6.23. The molecule has 0 unspecified atom stereocenters. The monoisotopic (exact) mass is 440 g/mol. The quantitative estimate of drug-likeness (QED) is 0.606. The lowest BCUT2D eigenvalue weighted by molar-refractivity contribution is -0.133. The molecule has 3 aromatic rings. The second-order valence-electron chi connectivity index (χ2n) is 8.02. The normalized spacial score (nSPS) is 16.5. The van der Waals surface area contributed by atoms with Gasteiger partial charge < -0.3 is 9.32 Å². The first-order valence-electron chi connectivity index (χ1n) is 10.4. The van der Waals surface area contributed by atoms with Crippen molar-refractivity contribution in [2.24, 2.45) is 0 Å². The number of aryl methyl sites for hydroxylation is 2. The van der Waals surface area contributed by atoms with Crippen molar-refractivity contribution in [2.45, 2.75) is 45.6 Å². The summed E-state index contributed by atoms with van der Waals surface area (Å²) in [4.78, 5) is 35.3. The number of aromatic nitrogens is 3. The van der Waals surface area contributed by atoms with Gasteiger partial charge in [0, 0.05) is 35.9 Å². The zero-order chi connectivity index (χ0) is 22.0. The van der Waals surface area contributed by atoms with E-state index in [-0.39, 0.29) is 18.4 Å². The van der Waals surface area contributed by atoms with Crippen molar-refractivity contribution in [1.29, 1.82) is 0 Å². The van der Waals surface area contributed by atoms with Crippen molar-refractivity contribution in [3.8, 4) is 0 Å². The van der Waals surface area contributed by atoms with E-state index in [0.29, 0.717) is 36.1 Å². The summed E-state index contributed by atoms with van der Waals surface area (Å²) in [5.74, 6) is 1.33. The number of piperidine rings is 1. The second kappa shape index (κ2) is 9.06. The first-order valence-corrected chi connectivity index (χ1v) is 10.8. The largest absolute Gasteiger partial charge is 0.445 e. The summed E-state index contributed by atoms with van der Waals surface area (Å²) in [7, 11) is 0. The average Bonchev–Trinajstić information content (AvgIpc) is 3.21. The number of halogens is 1. The zero-order valence-corrected chi connectivity index (χ0v) is 18.4. The minimum absolute atomic E-state index is 0.00595. The predicted octanol–water partition coefficient (Wildman–Crippen LogP) is 3.50. The molecule has 0 saturated carbocycles. The van der Waals surface area contributed by atoms with Gasteiger partial charge in [0.25, 0.3) is 0 Å². The minimum atomic E-state index is -0.392. The van der Waals surface area contributed by atoms with E-state index in [2.05, 4.69) is 9.97 Å². The molecule has 0 spiro atoms. The van der Waals surface area contributed by atoms with E-state index in [1.807, 2.05) is 31.2 Å². The molecule has 0 radical (unpaired) electrons. The number of hydrogen-bond acceptors (Lipinski definition) is 5. The first kappa shape index (κ1) is 21.3. The molecule has 7 nitrogen and oxygen atoms in total. The number of rotatable bonds is 5. The maximum atomic E-state index is 12.9. The van der Waals surface area contributed by atoms with Crippen LogP contribution in [0.3, 0.4) is 0 Å². The molecule has 0 bridgehead atoms. The maximum Gasteiger partial charge on any atom is 0.348 e. The Balaban J connectivity index is 1.43. The van der Waals surface area contributed by atoms with Crippen LogP contribution in [0.2, 0.25) is 5.02 Å². The van der Waals surface area contributed by atoms with Crippen LogP contribution in [0.15, 0.2) is 45.7 Å². The van der Waals surface area contributed by atoms with Crippen molar-refractivity contribution in [2.75, 3.05) is 13.1 Å². The Morgan fingerprint density at radius 2 is 2.10 bits per heavy atom. The molecule has 2 aromatic heterocycles. The standard InChI is InChI=1S/C23H25ClN4O3/c1-15-10-16(2)28(23(30)26-15)14-21(29)27-9-5-7-18(13-27)22-25-12-19(31-22)11-17-6-3-4-8-20(17)24/h3-4,6,8,10,12,18H,5,7,9,11,13-14H2,1-2H3/t18-/m0/s1. The first-order chi connectivity index (χ1) is 14.9. The Morgan fingerprint density at radius 1 is 1.29 bits per heavy atom. The van der Waals surface area contributed by atoms with Crippen LogP contribution in [0.25, 0.3) is 0 Å². The van der Waals surface area contributed by atoms with E-state index in [4.69, 9.17) is 16.0 Å². The number of hydrogen-bond donors (Lipinski definition) is 0. The number of likely N-dealkylation sites (tertiary alicyclic amines) is 1. The van der Waals surface area contributed by atoms with E-state index in [1.165, 1.54) is 4.57 Å². The highest BCUT2D eigenvalue weighted by atomic mass is 35.5. The van der Waals surface area contributed by atoms with Crippen LogP contribution in [0.5, 0.6) is 0 Å². The number of nitrogens with zero attached hydrogens (tertiary/aromatic N) is 4. The lowest BCUT2D eigenvalue weighted by Gasteiger charge is -2.31. The molecule has 162 valence electrons. The summed E-state index contributed by atoms with van der Waals surface area (Å²) in [6.07, 6.45) is 4.07. The van der Waals surface area contributed by atoms with Crippen LogP contribution in [0, 0.1) is 13.8 Å². The van der Waals surface area contributed by atoms with Crippen LogP contribution in [0.4, 0.5) is 0 Å². The van der Waals surface area contributed by atoms with Crippen LogP contribution in [-0.4, -0.2) is 38.4 Å². The zero-order valence-electron chi connectivity index (χ0n) is 17.7. The van der Waals surface area contributed by atoms with Gasteiger partial charge in [-0.05, 0) is 44.4 Å². The fourth-order valence-electron chi connectivity index (χ4n) is 4.03. The maximum absolute atomic E-state index is 12.9. The predicted molar refractivity (Wildman–Crippen MR) is 117 cm³/mol. The average molecular weight is 441 g/mol. The van der Waals surface area contributed by atoms with E-state index < -0.39 is 5.69 Å². The summed E-state index contributed by atoms with van der Waals surface area (Å²) < 4.78 is 7.43. The molecule has 3 heterocycles. The Bertz CT molecular complexity index is 1150. The third-order valence-electron chi connectivity index (χ3n) is 5.66. The van der Waals surface area contributed by atoms with Crippen molar-refractivity contribution in [3.63, 3.8) is 0 Å². The van der Waals surface area contributed by atoms with Gasteiger partial charge in [-0.25, -0.2) is 9.78 Å². The highest BCUT2D eigenvalue weighted by molar-refractivity contribution is 6.31. The van der Waals surface area contributed by atoms with Gasteiger partial charge in [-0.1, -0.05) is 29.8 Å². The van der Waals surface area contributed by atoms with Gasteiger partial charge in [0.05, 0.1) is 12.1 Å². The van der Waals surface area contributed by atoms with Gasteiger partial charge in [-0.15, -0.1) is 0 Å². The number of carbonyl (C=O) groups excluding carboxylic acids is 1. The van der Waals surface area contributed by atoms with Crippen LogP contribution in [0.1, 0.15) is 47.4 Å². The second-order valence-corrected chi connectivity index (χ2v) is 8.43. The highest BCUT2D eigenvalue weighted by Crippen LogP contribution is 2.28. The fraction of sp³-hybridized carbons (Fsp3) is 0.391. The van der Waals surface area contributed by atoms with E-state index in [1.54, 1.807) is 24.1 Å². The summed E-state index contributed by atoms with van der Waals surface area (Å²) in [6, 6.07) is 9.47. The molecular formula is C23H25ClN4O3. The minimum Gasteiger partial charge on any atom is -0.445 e. The molecule has 1 aliphatic heterocycles. The van der Waals surface area contributed by atoms with Gasteiger partial charge in [0.2, 0.25) is 5.91 Å².